The molecule has 1 atom stereocenters. The normalized spacial score (nSPS) is 17.3. The first-order chi connectivity index (χ1) is 13.6. The molecule has 1 aliphatic rings. The molecule has 28 heavy (non-hydrogen) atoms. The summed E-state index contributed by atoms with van der Waals surface area (Å²) >= 11 is 0. The number of likely N-dealkylation sites (tertiary alicyclic amines) is 1. The van der Waals surface area contributed by atoms with E-state index in [-0.39, 0.29) is 25.0 Å². The molecule has 1 saturated heterocycles. The van der Waals surface area contributed by atoms with Crippen LogP contribution >= 0.6 is 0 Å². The number of rotatable bonds is 7. The molecule has 1 amide bonds. The number of esters is 1. The molecule has 1 fully saturated rings. The fraction of sp³-hybridized carbons (Fsp3) is 0.500. The van der Waals surface area contributed by atoms with Crippen molar-refractivity contribution in [3.05, 3.63) is 36.2 Å². The molecular weight excluding hydrogens is 360 g/mol. The molecule has 0 saturated carbocycles. The van der Waals surface area contributed by atoms with E-state index in [1.165, 1.54) is 4.90 Å². The molecule has 0 spiro atoms. The van der Waals surface area contributed by atoms with Gasteiger partial charge >= 0.3 is 5.97 Å². The second-order valence-corrected chi connectivity index (χ2v) is 6.86. The summed E-state index contributed by atoms with van der Waals surface area (Å²) in [5.41, 5.74) is 0.894. The largest absolute Gasteiger partial charge is 0.465 e. The lowest BCUT2D eigenvalue weighted by molar-refractivity contribution is -0.148. The summed E-state index contributed by atoms with van der Waals surface area (Å²) in [5.74, 6) is 0.534. The maximum absolute atomic E-state index is 12.6. The lowest BCUT2D eigenvalue weighted by Crippen LogP contribution is -2.43. The average molecular weight is 386 g/mol. The zero-order valence-corrected chi connectivity index (χ0v) is 16.3. The Labute approximate surface area is 164 Å². The summed E-state index contributed by atoms with van der Waals surface area (Å²) in [7, 11) is 1.61. The highest BCUT2D eigenvalue weighted by Crippen LogP contribution is 2.30. The van der Waals surface area contributed by atoms with Crippen molar-refractivity contribution in [1.29, 1.82) is 0 Å². The van der Waals surface area contributed by atoms with E-state index in [4.69, 9.17) is 9.26 Å². The fourth-order valence-electron chi connectivity index (χ4n) is 3.32. The van der Waals surface area contributed by atoms with Crippen molar-refractivity contribution < 1.29 is 18.8 Å². The molecule has 1 aliphatic heterocycles. The molecule has 0 bridgehead atoms. The Morgan fingerprint density at radius 1 is 1.29 bits per heavy atom. The van der Waals surface area contributed by atoms with E-state index in [0.29, 0.717) is 18.3 Å². The van der Waals surface area contributed by atoms with Gasteiger partial charge in [-0.25, -0.2) is 0 Å². The quantitative estimate of drug-likeness (QED) is 0.675. The minimum absolute atomic E-state index is 0.0517. The van der Waals surface area contributed by atoms with E-state index >= 15 is 0 Å². The Morgan fingerprint density at radius 2 is 2.07 bits per heavy atom. The molecule has 1 aromatic heterocycles. The molecule has 8 nitrogen and oxygen atoms in total. The number of carbonyl (C=O) groups excluding carboxylic acids is 2. The van der Waals surface area contributed by atoms with Crippen LogP contribution in [0.1, 0.15) is 38.1 Å². The van der Waals surface area contributed by atoms with Crippen molar-refractivity contribution in [3.63, 3.8) is 0 Å². The molecule has 1 aromatic carbocycles. The van der Waals surface area contributed by atoms with Gasteiger partial charge in [-0.05, 0) is 26.3 Å². The summed E-state index contributed by atoms with van der Waals surface area (Å²) in [6.45, 7) is 2.96. The first kappa shape index (κ1) is 20.0. The maximum atomic E-state index is 12.6. The van der Waals surface area contributed by atoms with Crippen LogP contribution in [0, 0.1) is 0 Å². The van der Waals surface area contributed by atoms with Crippen LogP contribution in [-0.4, -0.2) is 65.1 Å². The zero-order valence-electron chi connectivity index (χ0n) is 16.3. The fourth-order valence-corrected chi connectivity index (χ4v) is 3.32. The molecular formula is C20H26N4O4. The maximum Gasteiger partial charge on any atom is 0.325 e. The average Bonchev–Trinajstić information content (AvgIpc) is 3.19. The predicted octanol–water partition coefficient (Wildman–Crippen LogP) is 2.29. The number of piperidine rings is 1. The van der Waals surface area contributed by atoms with Crippen LogP contribution < -0.4 is 0 Å². The predicted molar refractivity (Wildman–Crippen MR) is 102 cm³/mol. The SMILES string of the molecule is CCOC(=O)CN(C)C(=O)CN1CCCCC1c1nc(-c2ccccc2)no1. The molecule has 1 unspecified atom stereocenters. The minimum atomic E-state index is -0.405. The van der Waals surface area contributed by atoms with E-state index in [1.807, 2.05) is 30.3 Å². The first-order valence-corrected chi connectivity index (χ1v) is 9.61. The molecule has 8 heteroatoms. The molecule has 0 radical (unpaired) electrons. The lowest BCUT2D eigenvalue weighted by atomic mass is 10.0. The third-order valence-corrected chi connectivity index (χ3v) is 4.81. The standard InChI is InChI=1S/C20H26N4O4/c1-3-27-18(26)14-23(2)17(25)13-24-12-8-7-11-16(24)20-21-19(22-28-20)15-9-5-4-6-10-15/h4-6,9-10,16H,3,7-8,11-14H2,1-2H3. The Hall–Kier alpha value is -2.74. The van der Waals surface area contributed by atoms with Gasteiger partial charge in [0, 0.05) is 12.6 Å². The number of carbonyl (C=O) groups is 2. The third-order valence-electron chi connectivity index (χ3n) is 4.81. The number of benzene rings is 1. The highest BCUT2D eigenvalue weighted by molar-refractivity contribution is 5.83. The van der Waals surface area contributed by atoms with Gasteiger partial charge in [0.25, 0.3) is 0 Å². The molecule has 0 N–H and O–H groups in total. The van der Waals surface area contributed by atoms with Gasteiger partial charge in [0.2, 0.25) is 17.6 Å². The van der Waals surface area contributed by atoms with E-state index < -0.39 is 5.97 Å². The zero-order chi connectivity index (χ0) is 19.9. The first-order valence-electron chi connectivity index (χ1n) is 9.61. The van der Waals surface area contributed by atoms with Gasteiger partial charge in [-0.15, -0.1) is 0 Å². The second-order valence-electron chi connectivity index (χ2n) is 6.86. The third kappa shape index (κ3) is 4.95. The topological polar surface area (TPSA) is 88.8 Å². The second kappa shape index (κ2) is 9.45. The molecule has 2 heterocycles. The van der Waals surface area contributed by atoms with Gasteiger partial charge in [0.05, 0.1) is 19.2 Å². The van der Waals surface area contributed by atoms with E-state index in [1.54, 1.807) is 14.0 Å². The van der Waals surface area contributed by atoms with Crippen LogP contribution in [0.25, 0.3) is 11.4 Å². The van der Waals surface area contributed by atoms with Gasteiger partial charge < -0.3 is 14.2 Å². The Balaban J connectivity index is 1.66. The number of hydrogen-bond acceptors (Lipinski definition) is 7. The van der Waals surface area contributed by atoms with Crippen LogP contribution in [0.5, 0.6) is 0 Å². The summed E-state index contributed by atoms with van der Waals surface area (Å²) < 4.78 is 10.4. The van der Waals surface area contributed by atoms with Crippen molar-refractivity contribution in [3.8, 4) is 11.4 Å². The van der Waals surface area contributed by atoms with Gasteiger partial charge in [-0.2, -0.15) is 4.98 Å². The van der Waals surface area contributed by atoms with Crippen LogP contribution in [0.3, 0.4) is 0 Å². The van der Waals surface area contributed by atoms with Crippen LogP contribution in [0.15, 0.2) is 34.9 Å². The van der Waals surface area contributed by atoms with Crippen molar-refractivity contribution >= 4 is 11.9 Å². The van der Waals surface area contributed by atoms with E-state index in [0.717, 1.165) is 31.4 Å². The van der Waals surface area contributed by atoms with E-state index in [9.17, 15) is 9.59 Å². The molecule has 0 aliphatic carbocycles. The van der Waals surface area contributed by atoms with Gasteiger partial charge in [-0.1, -0.05) is 41.9 Å². The Bertz CT molecular complexity index is 793. The summed E-state index contributed by atoms with van der Waals surface area (Å²) in [6, 6.07) is 9.56. The smallest absolute Gasteiger partial charge is 0.325 e. The minimum Gasteiger partial charge on any atom is -0.465 e. The van der Waals surface area contributed by atoms with Gasteiger partial charge in [0.1, 0.15) is 6.54 Å². The Morgan fingerprint density at radius 3 is 2.82 bits per heavy atom. The summed E-state index contributed by atoms with van der Waals surface area (Å²) in [6.07, 6.45) is 2.90. The van der Waals surface area contributed by atoms with Crippen LogP contribution in [0.4, 0.5) is 0 Å². The summed E-state index contributed by atoms with van der Waals surface area (Å²) in [5, 5.41) is 4.10. The molecule has 3 rings (SSSR count). The van der Waals surface area contributed by atoms with E-state index in [2.05, 4.69) is 15.0 Å². The van der Waals surface area contributed by atoms with Crippen molar-refractivity contribution in [2.45, 2.75) is 32.2 Å². The van der Waals surface area contributed by atoms with Gasteiger partial charge in [0.15, 0.2) is 0 Å². The monoisotopic (exact) mass is 386 g/mol. The number of hydrogen-bond donors (Lipinski definition) is 0. The van der Waals surface area contributed by atoms with Crippen molar-refractivity contribution in [2.24, 2.45) is 0 Å². The number of aromatic nitrogens is 2. The van der Waals surface area contributed by atoms with Crippen LogP contribution in [-0.2, 0) is 14.3 Å². The Kier molecular flexibility index (Phi) is 6.76. The van der Waals surface area contributed by atoms with Crippen LogP contribution in [0.2, 0.25) is 0 Å². The van der Waals surface area contributed by atoms with Gasteiger partial charge in [-0.3, -0.25) is 14.5 Å². The van der Waals surface area contributed by atoms with Crippen molar-refractivity contribution in [2.75, 3.05) is 33.3 Å². The lowest BCUT2D eigenvalue weighted by Gasteiger charge is -2.33. The number of likely N-dealkylation sites (N-methyl/N-ethyl adjacent to an activating group) is 1. The highest BCUT2D eigenvalue weighted by Gasteiger charge is 2.31. The number of ether oxygens (including phenoxy) is 1. The number of nitrogens with zero attached hydrogens (tertiary/aromatic N) is 4. The summed E-state index contributed by atoms with van der Waals surface area (Å²) in [4.78, 5) is 32.2. The highest BCUT2D eigenvalue weighted by atomic mass is 16.5. The van der Waals surface area contributed by atoms with Crippen molar-refractivity contribution in [1.82, 2.24) is 19.9 Å². The molecule has 2 aromatic rings. The number of amides is 1. The molecule has 150 valence electrons.